The Kier molecular flexibility index (Phi) is 5.23. The van der Waals surface area contributed by atoms with Crippen LogP contribution in [0.4, 0.5) is 8.78 Å². The first kappa shape index (κ1) is 9.99. The predicted molar refractivity (Wildman–Crippen MR) is 34.3 cm³/mol. The smallest absolute Gasteiger partial charge is 0.429 e. The maximum Gasteiger partial charge on any atom is 0.482 e. The summed E-state index contributed by atoms with van der Waals surface area (Å²) < 4.78 is 23.6. The molecule has 1 rings (SSSR count). The molecule has 1 radical (unpaired) electrons. The Labute approximate surface area is 62.6 Å². The maximum absolute atomic E-state index is 11.8. The van der Waals surface area contributed by atoms with Gasteiger partial charge in [0.2, 0.25) is 11.9 Å². The van der Waals surface area contributed by atoms with Gasteiger partial charge < -0.3 is 10.0 Å². The fraction of sp³-hybridized carbons (Fsp3) is 0. The number of pyridine rings is 1. The first-order valence-electron chi connectivity index (χ1n) is 2.59. The molecular weight excluding hydrogens is 155 g/mol. The average Bonchev–Trinajstić information content (AvgIpc) is 1.88. The summed E-state index contributed by atoms with van der Waals surface area (Å²) in [6.45, 7) is 0. The van der Waals surface area contributed by atoms with Crippen LogP contribution in [-0.2, 0) is 0 Å². The van der Waals surface area contributed by atoms with Gasteiger partial charge in [-0.2, -0.15) is 13.8 Å². The zero-order valence-electron chi connectivity index (χ0n) is 5.41. The summed E-state index contributed by atoms with van der Waals surface area (Å²) in [5, 5.41) is 14.0. The summed E-state index contributed by atoms with van der Waals surface area (Å²) in [6.07, 6.45) is 0. The molecule has 6 heteroatoms. The van der Waals surface area contributed by atoms with Crippen molar-refractivity contribution in [2.24, 2.45) is 0 Å². The first-order chi connectivity index (χ1) is 5.20. The van der Waals surface area contributed by atoms with Gasteiger partial charge >= 0.3 is 7.69 Å². The Morgan fingerprint density at radius 3 is 1.73 bits per heavy atom. The predicted octanol–water partition coefficient (Wildman–Crippen LogP) is -0.135. The Balaban J connectivity index is 0.000000292. The maximum atomic E-state index is 11.8. The van der Waals surface area contributed by atoms with Crippen molar-refractivity contribution in [2.75, 3.05) is 0 Å². The van der Waals surface area contributed by atoms with Crippen LogP contribution in [0.15, 0.2) is 18.2 Å². The van der Waals surface area contributed by atoms with Gasteiger partial charge in [0.25, 0.3) is 0 Å². The van der Waals surface area contributed by atoms with E-state index in [1.54, 1.807) is 0 Å². The summed E-state index contributed by atoms with van der Waals surface area (Å²) in [6, 6.07) is 3.43. The minimum Gasteiger partial charge on any atom is -0.429 e. The summed E-state index contributed by atoms with van der Waals surface area (Å²) in [5.41, 5.74) is 0. The van der Waals surface area contributed by atoms with Gasteiger partial charge in [-0.15, -0.1) is 0 Å². The number of halogens is 2. The lowest BCUT2D eigenvalue weighted by molar-refractivity contribution is 0.448. The highest BCUT2D eigenvalue weighted by Gasteiger charge is 1.89. The van der Waals surface area contributed by atoms with E-state index < -0.39 is 11.9 Å². The number of rotatable bonds is 0. The fourth-order valence-corrected chi connectivity index (χ4v) is 0.383. The second kappa shape index (κ2) is 5.76. The van der Waals surface area contributed by atoms with Gasteiger partial charge in [-0.1, -0.05) is 6.07 Å². The van der Waals surface area contributed by atoms with Crippen LogP contribution < -0.4 is 0 Å². The van der Waals surface area contributed by atoms with Crippen molar-refractivity contribution in [3.8, 4) is 0 Å². The van der Waals surface area contributed by atoms with Crippen molar-refractivity contribution in [3.63, 3.8) is 0 Å². The molecule has 0 spiro atoms. The van der Waals surface area contributed by atoms with Crippen LogP contribution in [0.5, 0.6) is 0 Å². The molecule has 0 unspecified atom stereocenters. The molecule has 59 valence electrons. The summed E-state index contributed by atoms with van der Waals surface area (Å²) >= 11 is 0. The number of nitrogens with zero attached hydrogens (tertiary/aromatic N) is 1. The van der Waals surface area contributed by atoms with Crippen molar-refractivity contribution in [2.45, 2.75) is 0 Å². The standard InChI is InChI=1S/C5H3F2N.BH2O2/c6-4-2-1-3-5(7)8-4;2-1-3/h1-3H;2-3H. The third-order valence-corrected chi connectivity index (χ3v) is 0.681. The molecule has 0 aliphatic rings. The van der Waals surface area contributed by atoms with Gasteiger partial charge in [0.15, 0.2) is 0 Å². The molecule has 0 saturated heterocycles. The second-order valence-corrected chi connectivity index (χ2v) is 1.40. The van der Waals surface area contributed by atoms with E-state index in [1.807, 2.05) is 0 Å². The molecule has 0 saturated carbocycles. The molecule has 2 N–H and O–H groups in total. The van der Waals surface area contributed by atoms with Gasteiger partial charge in [0.05, 0.1) is 0 Å². The largest absolute Gasteiger partial charge is 0.482 e. The molecule has 0 aliphatic carbocycles. The van der Waals surface area contributed by atoms with E-state index in [4.69, 9.17) is 10.0 Å². The Hall–Kier alpha value is -1.01. The molecule has 0 aromatic carbocycles. The number of hydrogen-bond acceptors (Lipinski definition) is 3. The zero-order chi connectivity index (χ0) is 8.69. The van der Waals surface area contributed by atoms with Crippen molar-refractivity contribution < 1.29 is 18.8 Å². The Morgan fingerprint density at radius 1 is 1.18 bits per heavy atom. The van der Waals surface area contributed by atoms with Crippen molar-refractivity contribution in [1.29, 1.82) is 0 Å². The highest BCUT2D eigenvalue weighted by molar-refractivity contribution is 6.13. The van der Waals surface area contributed by atoms with E-state index in [1.165, 1.54) is 6.07 Å². The lowest BCUT2D eigenvalue weighted by Crippen LogP contribution is -1.83. The van der Waals surface area contributed by atoms with Crippen molar-refractivity contribution in [3.05, 3.63) is 30.1 Å². The molecular formula is C5H5BF2NO2. The minimum absolute atomic E-state index is 0. The average molecular weight is 160 g/mol. The molecule has 1 heterocycles. The lowest BCUT2D eigenvalue weighted by atomic mass is 10.5. The van der Waals surface area contributed by atoms with Gasteiger partial charge in [0, 0.05) is 0 Å². The highest BCUT2D eigenvalue weighted by Crippen LogP contribution is 1.93. The van der Waals surface area contributed by atoms with Crippen LogP contribution in [-0.4, -0.2) is 22.7 Å². The minimum atomic E-state index is -0.787. The van der Waals surface area contributed by atoms with E-state index in [0.29, 0.717) is 0 Å². The van der Waals surface area contributed by atoms with Gasteiger partial charge in [-0.25, -0.2) is 0 Å². The zero-order valence-corrected chi connectivity index (χ0v) is 5.41. The molecule has 0 fully saturated rings. The van der Waals surface area contributed by atoms with Crippen LogP contribution in [0.2, 0.25) is 0 Å². The SMILES string of the molecule is Fc1cccc(F)n1.O[B]O. The topological polar surface area (TPSA) is 53.4 Å². The molecule has 0 bridgehead atoms. The number of aromatic nitrogens is 1. The van der Waals surface area contributed by atoms with Gasteiger partial charge in [0.1, 0.15) is 0 Å². The van der Waals surface area contributed by atoms with Crippen LogP contribution in [0.1, 0.15) is 0 Å². The quantitative estimate of drug-likeness (QED) is 0.410. The van der Waals surface area contributed by atoms with Crippen LogP contribution in [0.25, 0.3) is 0 Å². The number of hydrogen-bond donors (Lipinski definition) is 2. The molecule has 0 aliphatic heterocycles. The Morgan fingerprint density at radius 2 is 1.55 bits per heavy atom. The van der Waals surface area contributed by atoms with E-state index in [9.17, 15) is 8.78 Å². The third kappa shape index (κ3) is 5.44. The monoisotopic (exact) mass is 160 g/mol. The van der Waals surface area contributed by atoms with Crippen molar-refractivity contribution in [1.82, 2.24) is 4.98 Å². The third-order valence-electron chi connectivity index (χ3n) is 0.681. The molecule has 1 aromatic heterocycles. The van der Waals surface area contributed by atoms with Crippen LogP contribution >= 0.6 is 0 Å². The van der Waals surface area contributed by atoms with Crippen molar-refractivity contribution >= 4 is 7.69 Å². The fourth-order valence-electron chi connectivity index (χ4n) is 0.383. The van der Waals surface area contributed by atoms with E-state index in [0.717, 1.165) is 12.1 Å². The van der Waals surface area contributed by atoms with Crippen LogP contribution in [0.3, 0.4) is 0 Å². The van der Waals surface area contributed by atoms with Gasteiger partial charge in [-0.05, 0) is 12.1 Å². The second-order valence-electron chi connectivity index (χ2n) is 1.40. The molecule has 1 aromatic rings. The summed E-state index contributed by atoms with van der Waals surface area (Å²) in [5.74, 6) is -1.57. The first-order valence-corrected chi connectivity index (χ1v) is 2.59. The van der Waals surface area contributed by atoms with Gasteiger partial charge in [-0.3, -0.25) is 0 Å². The Bertz CT molecular complexity index is 194. The van der Waals surface area contributed by atoms with E-state index in [2.05, 4.69) is 4.98 Å². The van der Waals surface area contributed by atoms with Crippen LogP contribution in [0, 0.1) is 11.9 Å². The normalized spacial score (nSPS) is 8.00. The van der Waals surface area contributed by atoms with E-state index in [-0.39, 0.29) is 7.69 Å². The van der Waals surface area contributed by atoms with E-state index >= 15 is 0 Å². The highest BCUT2D eigenvalue weighted by atomic mass is 19.1. The molecule has 3 nitrogen and oxygen atoms in total. The molecule has 0 atom stereocenters. The summed E-state index contributed by atoms with van der Waals surface area (Å²) in [7, 11) is 0. The molecule has 11 heavy (non-hydrogen) atoms. The molecule has 0 amide bonds. The lowest BCUT2D eigenvalue weighted by Gasteiger charge is -1.83. The summed E-state index contributed by atoms with van der Waals surface area (Å²) in [4.78, 5) is 2.84.